The van der Waals surface area contributed by atoms with Crippen LogP contribution in [0.4, 0.5) is 0 Å². The average Bonchev–Trinajstić information content (AvgIpc) is 2.11. The van der Waals surface area contributed by atoms with Gasteiger partial charge in [-0.05, 0) is 26.3 Å². The van der Waals surface area contributed by atoms with E-state index in [-0.39, 0.29) is 0 Å². The first-order valence-corrected chi connectivity index (χ1v) is 4.75. The molecule has 0 amide bonds. The minimum Gasteiger partial charge on any atom is -0.476 e. The van der Waals surface area contributed by atoms with Gasteiger partial charge in [0.2, 0.25) is 5.88 Å². The zero-order chi connectivity index (χ0) is 10.7. The number of ether oxygens (including phenoxy) is 1. The smallest absolute Gasteiger partial charge is 0.244 e. The summed E-state index contributed by atoms with van der Waals surface area (Å²) in [5, 5.41) is 7.86. The van der Waals surface area contributed by atoms with Crippen molar-refractivity contribution in [1.29, 1.82) is 0 Å². The van der Waals surface area contributed by atoms with Crippen LogP contribution < -0.4 is 10.5 Å². The second kappa shape index (κ2) is 4.32. The summed E-state index contributed by atoms with van der Waals surface area (Å²) in [6.45, 7) is 6.16. The molecule has 1 rings (SSSR count). The Morgan fingerprint density at radius 1 is 1.43 bits per heavy atom. The van der Waals surface area contributed by atoms with E-state index in [4.69, 9.17) is 22.7 Å². The summed E-state index contributed by atoms with van der Waals surface area (Å²) in [4.78, 5) is 0.295. The molecular weight excluding hydrogens is 198 g/mol. The van der Waals surface area contributed by atoms with E-state index in [2.05, 4.69) is 10.2 Å². The SMILES string of the molecule is CCOc1nnc(C)c(C)c1C(N)=S. The molecule has 5 heteroatoms. The van der Waals surface area contributed by atoms with Gasteiger partial charge in [-0.15, -0.1) is 5.10 Å². The Morgan fingerprint density at radius 3 is 2.57 bits per heavy atom. The van der Waals surface area contributed by atoms with Gasteiger partial charge in [-0.1, -0.05) is 12.2 Å². The van der Waals surface area contributed by atoms with Crippen molar-refractivity contribution in [1.82, 2.24) is 10.2 Å². The normalized spacial score (nSPS) is 9.93. The first kappa shape index (κ1) is 10.8. The first-order chi connectivity index (χ1) is 6.57. The molecular formula is C9H13N3OS. The number of nitrogens with two attached hydrogens (primary N) is 1. The number of aromatic nitrogens is 2. The van der Waals surface area contributed by atoms with Crippen molar-refractivity contribution in [2.24, 2.45) is 5.73 Å². The van der Waals surface area contributed by atoms with Gasteiger partial charge in [0.25, 0.3) is 0 Å². The molecule has 0 aromatic carbocycles. The van der Waals surface area contributed by atoms with E-state index in [1.54, 1.807) is 0 Å². The van der Waals surface area contributed by atoms with Crippen LogP contribution in [-0.2, 0) is 0 Å². The van der Waals surface area contributed by atoms with Gasteiger partial charge in [0.05, 0.1) is 17.9 Å². The fourth-order valence-corrected chi connectivity index (χ4v) is 1.36. The Bertz CT molecular complexity index is 365. The van der Waals surface area contributed by atoms with Crippen LogP contribution in [0.15, 0.2) is 0 Å². The van der Waals surface area contributed by atoms with Crippen LogP contribution in [0, 0.1) is 13.8 Å². The van der Waals surface area contributed by atoms with Gasteiger partial charge in [0, 0.05) is 0 Å². The standard InChI is InChI=1S/C9H13N3OS/c1-4-13-9-7(8(10)14)5(2)6(3)11-12-9/h4H2,1-3H3,(H2,10,14). The molecule has 1 heterocycles. The van der Waals surface area contributed by atoms with Gasteiger partial charge in [-0.2, -0.15) is 5.10 Å². The number of aryl methyl sites for hydroxylation is 1. The van der Waals surface area contributed by atoms with Crippen LogP contribution in [0.3, 0.4) is 0 Å². The number of nitrogens with zero attached hydrogens (tertiary/aromatic N) is 2. The minimum absolute atomic E-state index is 0.295. The Labute approximate surface area is 88.5 Å². The number of rotatable bonds is 3. The second-order valence-corrected chi connectivity index (χ2v) is 3.33. The van der Waals surface area contributed by atoms with Crippen molar-refractivity contribution < 1.29 is 4.74 Å². The zero-order valence-electron chi connectivity index (χ0n) is 8.50. The Balaban J connectivity index is 3.30. The lowest BCUT2D eigenvalue weighted by atomic mass is 10.1. The molecule has 0 aliphatic carbocycles. The van der Waals surface area contributed by atoms with Crippen molar-refractivity contribution >= 4 is 17.2 Å². The number of thiocarbonyl (C=S) groups is 1. The molecule has 1 aromatic rings. The van der Waals surface area contributed by atoms with E-state index in [0.29, 0.717) is 23.0 Å². The Morgan fingerprint density at radius 2 is 2.07 bits per heavy atom. The second-order valence-electron chi connectivity index (χ2n) is 2.89. The van der Waals surface area contributed by atoms with Crippen molar-refractivity contribution in [2.75, 3.05) is 6.61 Å². The highest BCUT2D eigenvalue weighted by Gasteiger charge is 2.13. The van der Waals surface area contributed by atoms with Gasteiger partial charge >= 0.3 is 0 Å². The third-order valence-corrected chi connectivity index (χ3v) is 2.15. The van der Waals surface area contributed by atoms with Crippen molar-refractivity contribution in [3.63, 3.8) is 0 Å². The molecule has 14 heavy (non-hydrogen) atoms. The molecule has 2 N–H and O–H groups in total. The van der Waals surface area contributed by atoms with Crippen LogP contribution in [0.1, 0.15) is 23.7 Å². The summed E-state index contributed by atoms with van der Waals surface area (Å²) in [7, 11) is 0. The van der Waals surface area contributed by atoms with Crippen molar-refractivity contribution in [3.8, 4) is 5.88 Å². The highest BCUT2D eigenvalue weighted by Crippen LogP contribution is 2.19. The van der Waals surface area contributed by atoms with Gasteiger partial charge in [-0.25, -0.2) is 0 Å². The third-order valence-electron chi connectivity index (χ3n) is 1.95. The lowest BCUT2D eigenvalue weighted by Gasteiger charge is -2.10. The third kappa shape index (κ3) is 1.98. The van der Waals surface area contributed by atoms with Crippen LogP contribution >= 0.6 is 12.2 Å². The Hall–Kier alpha value is -1.23. The number of hydrogen-bond acceptors (Lipinski definition) is 4. The molecule has 0 saturated heterocycles. The van der Waals surface area contributed by atoms with Gasteiger partial charge in [0.1, 0.15) is 4.99 Å². The molecule has 4 nitrogen and oxygen atoms in total. The van der Waals surface area contributed by atoms with E-state index in [1.165, 1.54) is 0 Å². The summed E-state index contributed by atoms with van der Waals surface area (Å²) in [6.07, 6.45) is 0. The summed E-state index contributed by atoms with van der Waals surface area (Å²) < 4.78 is 5.29. The van der Waals surface area contributed by atoms with E-state index in [1.807, 2.05) is 20.8 Å². The molecule has 0 atom stereocenters. The minimum atomic E-state index is 0.295. The highest BCUT2D eigenvalue weighted by atomic mass is 32.1. The van der Waals surface area contributed by atoms with Crippen LogP contribution in [0.25, 0.3) is 0 Å². The average molecular weight is 211 g/mol. The predicted molar refractivity (Wildman–Crippen MR) is 58.6 cm³/mol. The number of hydrogen-bond donors (Lipinski definition) is 1. The topological polar surface area (TPSA) is 61.0 Å². The maximum atomic E-state index is 5.60. The molecule has 0 bridgehead atoms. The van der Waals surface area contributed by atoms with Crippen LogP contribution in [0.5, 0.6) is 5.88 Å². The summed E-state index contributed by atoms with van der Waals surface area (Å²) in [5.74, 6) is 0.420. The van der Waals surface area contributed by atoms with E-state index < -0.39 is 0 Å². The first-order valence-electron chi connectivity index (χ1n) is 4.34. The molecule has 76 valence electrons. The molecule has 0 aliphatic rings. The van der Waals surface area contributed by atoms with E-state index in [9.17, 15) is 0 Å². The van der Waals surface area contributed by atoms with E-state index in [0.717, 1.165) is 11.3 Å². The maximum Gasteiger partial charge on any atom is 0.244 e. The fourth-order valence-electron chi connectivity index (χ4n) is 1.11. The zero-order valence-corrected chi connectivity index (χ0v) is 9.31. The summed E-state index contributed by atoms with van der Waals surface area (Å²) in [5.41, 5.74) is 8.03. The van der Waals surface area contributed by atoms with Crippen molar-refractivity contribution in [3.05, 3.63) is 16.8 Å². The van der Waals surface area contributed by atoms with Gasteiger partial charge in [0.15, 0.2) is 0 Å². The lowest BCUT2D eigenvalue weighted by molar-refractivity contribution is 0.321. The molecule has 1 aromatic heterocycles. The highest BCUT2D eigenvalue weighted by molar-refractivity contribution is 7.80. The quantitative estimate of drug-likeness (QED) is 0.759. The van der Waals surface area contributed by atoms with Crippen LogP contribution in [0.2, 0.25) is 0 Å². The molecule has 0 unspecified atom stereocenters. The maximum absolute atomic E-state index is 5.60. The molecule has 0 fully saturated rings. The van der Waals surface area contributed by atoms with E-state index >= 15 is 0 Å². The van der Waals surface area contributed by atoms with Gasteiger partial charge in [-0.3, -0.25) is 0 Å². The fraction of sp³-hybridized carbons (Fsp3) is 0.444. The van der Waals surface area contributed by atoms with Crippen molar-refractivity contribution in [2.45, 2.75) is 20.8 Å². The monoisotopic (exact) mass is 211 g/mol. The predicted octanol–water partition coefficient (Wildman–Crippen LogP) is 1.13. The van der Waals surface area contributed by atoms with Crippen LogP contribution in [-0.4, -0.2) is 21.8 Å². The Kier molecular flexibility index (Phi) is 3.35. The molecule has 0 spiro atoms. The van der Waals surface area contributed by atoms with Gasteiger partial charge < -0.3 is 10.5 Å². The molecule has 0 aliphatic heterocycles. The lowest BCUT2D eigenvalue weighted by Crippen LogP contribution is -2.16. The summed E-state index contributed by atoms with van der Waals surface area (Å²) in [6, 6.07) is 0. The summed E-state index contributed by atoms with van der Waals surface area (Å²) >= 11 is 4.94. The molecule has 0 radical (unpaired) electrons. The largest absolute Gasteiger partial charge is 0.476 e. The molecule has 0 saturated carbocycles.